The van der Waals surface area contributed by atoms with Crippen LogP contribution in [0.15, 0.2) is 30.3 Å². The number of carbonyl (C=O) groups excluding carboxylic acids is 1. The lowest BCUT2D eigenvalue weighted by molar-refractivity contribution is -0.384. The zero-order valence-corrected chi connectivity index (χ0v) is 13.4. The standard InChI is InChI=1S/C16H22N2O4/c1-16(2,3)22-15(19)17(4)12-6-5-7-13-8-10-14(11-9-13)18(20)21/h5,7-11H,6,12H2,1-4H3/b7-5+. The molecule has 0 N–H and O–H groups in total. The molecule has 0 saturated carbocycles. The zero-order chi connectivity index (χ0) is 16.8. The number of nitrogens with zero attached hydrogens (tertiary/aromatic N) is 2. The van der Waals surface area contributed by atoms with Gasteiger partial charge >= 0.3 is 6.09 Å². The Kier molecular flexibility index (Phi) is 6.10. The highest BCUT2D eigenvalue weighted by atomic mass is 16.6. The van der Waals surface area contributed by atoms with Gasteiger partial charge in [-0.3, -0.25) is 10.1 Å². The van der Waals surface area contributed by atoms with E-state index in [1.165, 1.54) is 17.0 Å². The van der Waals surface area contributed by atoms with Gasteiger partial charge in [-0.15, -0.1) is 0 Å². The molecule has 1 aromatic carbocycles. The predicted molar refractivity (Wildman–Crippen MR) is 85.6 cm³/mol. The number of hydrogen-bond donors (Lipinski definition) is 0. The number of rotatable bonds is 5. The first-order valence-electron chi connectivity index (χ1n) is 7.04. The van der Waals surface area contributed by atoms with Crippen molar-refractivity contribution in [3.63, 3.8) is 0 Å². The first-order valence-corrected chi connectivity index (χ1v) is 7.04. The molecule has 0 aliphatic carbocycles. The highest BCUT2D eigenvalue weighted by molar-refractivity contribution is 5.67. The number of hydrogen-bond acceptors (Lipinski definition) is 4. The van der Waals surface area contributed by atoms with E-state index in [-0.39, 0.29) is 11.8 Å². The van der Waals surface area contributed by atoms with E-state index in [0.29, 0.717) is 13.0 Å². The molecular weight excluding hydrogens is 284 g/mol. The summed E-state index contributed by atoms with van der Waals surface area (Å²) in [5.74, 6) is 0. The molecule has 1 amide bonds. The van der Waals surface area contributed by atoms with Crippen molar-refractivity contribution in [2.45, 2.75) is 32.8 Å². The summed E-state index contributed by atoms with van der Waals surface area (Å²) in [6.07, 6.45) is 4.11. The van der Waals surface area contributed by atoms with Crippen molar-refractivity contribution in [1.82, 2.24) is 4.90 Å². The van der Waals surface area contributed by atoms with Crippen LogP contribution < -0.4 is 0 Å². The van der Waals surface area contributed by atoms with Crippen molar-refractivity contribution in [1.29, 1.82) is 0 Å². The van der Waals surface area contributed by atoms with Gasteiger partial charge in [0.05, 0.1) is 4.92 Å². The molecular formula is C16H22N2O4. The van der Waals surface area contributed by atoms with Crippen molar-refractivity contribution in [2.75, 3.05) is 13.6 Å². The van der Waals surface area contributed by atoms with Crippen molar-refractivity contribution in [3.8, 4) is 0 Å². The summed E-state index contributed by atoms with van der Waals surface area (Å²) in [4.78, 5) is 23.4. The van der Waals surface area contributed by atoms with E-state index < -0.39 is 10.5 Å². The van der Waals surface area contributed by atoms with Crippen molar-refractivity contribution >= 4 is 17.9 Å². The molecule has 0 aromatic heterocycles. The number of nitro benzene ring substituents is 1. The molecule has 0 aliphatic heterocycles. The summed E-state index contributed by atoms with van der Waals surface area (Å²) in [5, 5.41) is 10.5. The van der Waals surface area contributed by atoms with Crippen LogP contribution in [0.1, 0.15) is 32.8 Å². The van der Waals surface area contributed by atoms with E-state index in [1.54, 1.807) is 19.2 Å². The molecule has 0 spiro atoms. The van der Waals surface area contributed by atoms with Crippen LogP contribution in [0.25, 0.3) is 6.08 Å². The number of nitro groups is 1. The van der Waals surface area contributed by atoms with Crippen LogP contribution in [0, 0.1) is 10.1 Å². The van der Waals surface area contributed by atoms with Gasteiger partial charge in [-0.05, 0) is 44.9 Å². The maximum absolute atomic E-state index is 11.7. The first-order chi connectivity index (χ1) is 10.2. The van der Waals surface area contributed by atoms with E-state index in [9.17, 15) is 14.9 Å². The Balaban J connectivity index is 2.43. The highest BCUT2D eigenvalue weighted by Gasteiger charge is 2.18. The fraction of sp³-hybridized carbons (Fsp3) is 0.438. The second kappa shape index (κ2) is 7.59. The monoisotopic (exact) mass is 306 g/mol. The lowest BCUT2D eigenvalue weighted by Gasteiger charge is -2.24. The second-order valence-corrected chi connectivity index (χ2v) is 5.94. The number of ether oxygens (including phenoxy) is 1. The minimum Gasteiger partial charge on any atom is -0.444 e. The lowest BCUT2D eigenvalue weighted by atomic mass is 10.2. The summed E-state index contributed by atoms with van der Waals surface area (Å²) in [6, 6.07) is 6.30. The maximum Gasteiger partial charge on any atom is 0.410 e. The summed E-state index contributed by atoms with van der Waals surface area (Å²) >= 11 is 0. The van der Waals surface area contributed by atoms with Gasteiger partial charge in [0.15, 0.2) is 0 Å². The summed E-state index contributed by atoms with van der Waals surface area (Å²) in [6.45, 7) is 6.02. The third-order valence-corrected chi connectivity index (χ3v) is 2.75. The zero-order valence-electron chi connectivity index (χ0n) is 13.4. The second-order valence-electron chi connectivity index (χ2n) is 5.94. The van der Waals surface area contributed by atoms with Crippen molar-refractivity contribution < 1.29 is 14.5 Å². The van der Waals surface area contributed by atoms with Gasteiger partial charge in [-0.1, -0.05) is 12.2 Å². The number of carbonyl (C=O) groups is 1. The third-order valence-electron chi connectivity index (χ3n) is 2.75. The Morgan fingerprint density at radius 2 is 1.91 bits per heavy atom. The molecule has 0 heterocycles. The Morgan fingerprint density at radius 1 is 1.32 bits per heavy atom. The van der Waals surface area contributed by atoms with Gasteiger partial charge in [-0.25, -0.2) is 4.79 Å². The Hall–Kier alpha value is -2.37. The fourth-order valence-electron chi connectivity index (χ4n) is 1.63. The highest BCUT2D eigenvalue weighted by Crippen LogP contribution is 2.13. The maximum atomic E-state index is 11.7. The molecule has 22 heavy (non-hydrogen) atoms. The summed E-state index contributed by atoms with van der Waals surface area (Å²) < 4.78 is 5.25. The molecule has 1 rings (SSSR count). The largest absolute Gasteiger partial charge is 0.444 e. The van der Waals surface area contributed by atoms with E-state index >= 15 is 0 Å². The Labute approximate surface area is 130 Å². The molecule has 0 unspecified atom stereocenters. The van der Waals surface area contributed by atoms with Crippen molar-refractivity contribution in [2.24, 2.45) is 0 Å². The summed E-state index contributed by atoms with van der Waals surface area (Å²) in [5.41, 5.74) is 0.451. The van der Waals surface area contributed by atoms with Crippen LogP contribution in [0.3, 0.4) is 0 Å². The van der Waals surface area contributed by atoms with Gasteiger partial charge in [-0.2, -0.15) is 0 Å². The van der Waals surface area contributed by atoms with Crippen molar-refractivity contribution in [3.05, 3.63) is 46.0 Å². The average molecular weight is 306 g/mol. The molecule has 6 heteroatoms. The Bertz CT molecular complexity index is 544. The number of non-ortho nitro benzene ring substituents is 1. The molecule has 0 bridgehead atoms. The van der Waals surface area contributed by atoms with Crippen LogP contribution >= 0.6 is 0 Å². The van der Waals surface area contributed by atoms with E-state index in [1.807, 2.05) is 32.9 Å². The third kappa shape index (κ3) is 6.39. The number of benzene rings is 1. The normalized spacial score (nSPS) is 11.5. The Morgan fingerprint density at radius 3 is 2.41 bits per heavy atom. The smallest absolute Gasteiger partial charge is 0.410 e. The minimum absolute atomic E-state index is 0.0711. The molecule has 6 nitrogen and oxygen atoms in total. The van der Waals surface area contributed by atoms with E-state index in [0.717, 1.165) is 5.56 Å². The quantitative estimate of drug-likeness (QED) is 0.611. The van der Waals surface area contributed by atoms with Gasteiger partial charge in [0.25, 0.3) is 5.69 Å². The first kappa shape index (κ1) is 17.7. The van der Waals surface area contributed by atoms with Gasteiger partial charge < -0.3 is 9.64 Å². The summed E-state index contributed by atoms with van der Waals surface area (Å²) in [7, 11) is 1.69. The van der Waals surface area contributed by atoms with E-state index in [4.69, 9.17) is 4.74 Å². The SMILES string of the molecule is CN(CC/C=C/c1ccc([N+](=O)[O-])cc1)C(=O)OC(C)(C)C. The molecule has 1 aromatic rings. The van der Waals surface area contributed by atoms with E-state index in [2.05, 4.69) is 0 Å². The average Bonchev–Trinajstić information content (AvgIpc) is 2.42. The van der Waals surface area contributed by atoms with Crippen LogP contribution in [-0.4, -0.2) is 35.1 Å². The topological polar surface area (TPSA) is 72.7 Å². The molecule has 0 saturated heterocycles. The predicted octanol–water partition coefficient (Wildman–Crippen LogP) is 3.87. The van der Waals surface area contributed by atoms with Gasteiger partial charge in [0.2, 0.25) is 0 Å². The molecule has 0 radical (unpaired) electrons. The van der Waals surface area contributed by atoms with Crippen LogP contribution in [0.4, 0.5) is 10.5 Å². The van der Waals surface area contributed by atoms with Gasteiger partial charge in [0.1, 0.15) is 5.60 Å². The molecule has 0 aliphatic rings. The van der Waals surface area contributed by atoms with Crippen LogP contribution in [0.5, 0.6) is 0 Å². The molecule has 0 atom stereocenters. The van der Waals surface area contributed by atoms with Crippen LogP contribution in [-0.2, 0) is 4.74 Å². The van der Waals surface area contributed by atoms with Crippen LogP contribution in [0.2, 0.25) is 0 Å². The minimum atomic E-state index is -0.500. The fourth-order valence-corrected chi connectivity index (χ4v) is 1.63. The molecule has 120 valence electrons. The lowest BCUT2D eigenvalue weighted by Crippen LogP contribution is -2.34. The van der Waals surface area contributed by atoms with Gasteiger partial charge in [0, 0.05) is 25.7 Å². The molecule has 0 fully saturated rings. The number of amides is 1.